The predicted octanol–water partition coefficient (Wildman–Crippen LogP) is 0.954. The number of hydrogen-bond acceptors (Lipinski definition) is 2. The predicted molar refractivity (Wildman–Crippen MR) is 41.3 cm³/mol. The number of anilines is 1. The molecule has 0 aliphatic carbocycles. The van der Waals surface area contributed by atoms with E-state index in [4.69, 9.17) is 12.2 Å². The Morgan fingerprint density at radius 2 is 2.40 bits per heavy atom. The van der Waals surface area contributed by atoms with E-state index in [2.05, 4.69) is 10.9 Å². The Bertz CT molecular complexity index is 284. The summed E-state index contributed by atoms with van der Waals surface area (Å²) in [6.07, 6.45) is 6.84. The SMILES string of the molecule is C#Cc1cc(C)cnc1N. The van der Waals surface area contributed by atoms with E-state index in [1.807, 2.05) is 13.0 Å². The first kappa shape index (κ1) is 6.63. The van der Waals surface area contributed by atoms with Gasteiger partial charge in [0.1, 0.15) is 5.82 Å². The highest BCUT2D eigenvalue weighted by atomic mass is 14.8. The first-order chi connectivity index (χ1) is 4.74. The molecule has 2 N–H and O–H groups in total. The Hall–Kier alpha value is -1.49. The molecule has 0 aliphatic heterocycles. The Labute approximate surface area is 60.1 Å². The van der Waals surface area contributed by atoms with Gasteiger partial charge in [0, 0.05) is 6.20 Å². The lowest BCUT2D eigenvalue weighted by Crippen LogP contribution is -1.94. The van der Waals surface area contributed by atoms with Crippen LogP contribution in [-0.2, 0) is 0 Å². The van der Waals surface area contributed by atoms with E-state index < -0.39 is 0 Å². The molecule has 50 valence electrons. The zero-order valence-corrected chi connectivity index (χ0v) is 5.76. The molecule has 1 heterocycles. The van der Waals surface area contributed by atoms with Gasteiger partial charge in [-0.3, -0.25) is 0 Å². The lowest BCUT2D eigenvalue weighted by molar-refractivity contribution is 1.26. The summed E-state index contributed by atoms with van der Waals surface area (Å²) >= 11 is 0. The number of rotatable bonds is 0. The largest absolute Gasteiger partial charge is 0.383 e. The fraction of sp³-hybridized carbons (Fsp3) is 0.125. The van der Waals surface area contributed by atoms with Crippen LogP contribution in [0.5, 0.6) is 0 Å². The van der Waals surface area contributed by atoms with Gasteiger partial charge >= 0.3 is 0 Å². The quantitative estimate of drug-likeness (QED) is 0.534. The molecule has 0 atom stereocenters. The van der Waals surface area contributed by atoms with Crippen molar-refractivity contribution in [3.63, 3.8) is 0 Å². The van der Waals surface area contributed by atoms with Gasteiger partial charge in [-0.05, 0) is 18.6 Å². The second-order valence-electron chi connectivity index (χ2n) is 2.09. The number of terminal acetylenes is 1. The Kier molecular flexibility index (Phi) is 1.59. The van der Waals surface area contributed by atoms with Crippen molar-refractivity contribution in [3.8, 4) is 12.3 Å². The molecular formula is C8H8N2. The molecular weight excluding hydrogens is 124 g/mol. The van der Waals surface area contributed by atoms with E-state index in [1.54, 1.807) is 6.20 Å². The Morgan fingerprint density at radius 1 is 1.70 bits per heavy atom. The van der Waals surface area contributed by atoms with Gasteiger partial charge in [-0.25, -0.2) is 4.98 Å². The van der Waals surface area contributed by atoms with Crippen LogP contribution < -0.4 is 5.73 Å². The summed E-state index contributed by atoms with van der Waals surface area (Å²) in [5.74, 6) is 2.87. The Balaban J connectivity index is 3.25. The molecule has 2 nitrogen and oxygen atoms in total. The van der Waals surface area contributed by atoms with Gasteiger partial charge in [-0.1, -0.05) is 5.92 Å². The number of pyridine rings is 1. The maximum atomic E-state index is 5.45. The molecule has 0 saturated heterocycles. The van der Waals surface area contributed by atoms with Crippen molar-refractivity contribution >= 4 is 5.82 Å². The summed E-state index contributed by atoms with van der Waals surface area (Å²) in [6.45, 7) is 1.92. The third-order valence-corrected chi connectivity index (χ3v) is 1.21. The third-order valence-electron chi connectivity index (χ3n) is 1.21. The Morgan fingerprint density at radius 3 is 2.90 bits per heavy atom. The third kappa shape index (κ3) is 1.08. The van der Waals surface area contributed by atoms with Crippen LogP contribution in [0.1, 0.15) is 11.1 Å². The van der Waals surface area contributed by atoms with E-state index in [0.717, 1.165) is 5.56 Å². The molecule has 0 bridgehead atoms. The van der Waals surface area contributed by atoms with Crippen LogP contribution in [0.15, 0.2) is 12.3 Å². The first-order valence-electron chi connectivity index (χ1n) is 2.93. The molecule has 0 spiro atoms. The maximum Gasteiger partial charge on any atom is 0.139 e. The fourth-order valence-electron chi connectivity index (χ4n) is 0.695. The molecule has 1 aromatic heterocycles. The van der Waals surface area contributed by atoms with Gasteiger partial charge in [-0.2, -0.15) is 0 Å². The molecule has 0 unspecified atom stereocenters. The van der Waals surface area contributed by atoms with Gasteiger partial charge in [-0.15, -0.1) is 6.42 Å². The molecule has 1 aromatic rings. The average molecular weight is 132 g/mol. The number of aromatic nitrogens is 1. The number of nitrogens with two attached hydrogens (primary N) is 1. The lowest BCUT2D eigenvalue weighted by Gasteiger charge is -1.96. The van der Waals surface area contributed by atoms with E-state index in [-0.39, 0.29) is 0 Å². The summed E-state index contributed by atoms with van der Waals surface area (Å²) in [4.78, 5) is 3.88. The van der Waals surface area contributed by atoms with E-state index in [9.17, 15) is 0 Å². The molecule has 2 heteroatoms. The first-order valence-corrected chi connectivity index (χ1v) is 2.93. The number of nitrogen functional groups attached to an aromatic ring is 1. The van der Waals surface area contributed by atoms with Gasteiger partial charge in [0.15, 0.2) is 0 Å². The van der Waals surface area contributed by atoms with E-state index in [1.165, 1.54) is 0 Å². The van der Waals surface area contributed by atoms with Crippen LogP contribution in [0.2, 0.25) is 0 Å². The van der Waals surface area contributed by atoms with Gasteiger partial charge in [0.05, 0.1) is 5.56 Å². The van der Waals surface area contributed by atoms with Crippen LogP contribution in [0, 0.1) is 19.3 Å². The standard InChI is InChI=1S/C8H8N2/c1-3-7-4-6(2)5-10-8(7)9/h1,4-5H,2H3,(H2,9,10). The zero-order valence-electron chi connectivity index (χ0n) is 5.76. The minimum Gasteiger partial charge on any atom is -0.383 e. The highest BCUT2D eigenvalue weighted by molar-refractivity contribution is 5.50. The van der Waals surface area contributed by atoms with Crippen molar-refractivity contribution in [2.75, 3.05) is 5.73 Å². The fourth-order valence-corrected chi connectivity index (χ4v) is 0.695. The highest BCUT2D eigenvalue weighted by Crippen LogP contribution is 2.07. The van der Waals surface area contributed by atoms with E-state index >= 15 is 0 Å². The maximum absolute atomic E-state index is 5.45. The van der Waals surface area contributed by atoms with Crippen molar-refractivity contribution in [3.05, 3.63) is 23.4 Å². The van der Waals surface area contributed by atoms with Crippen LogP contribution in [0.3, 0.4) is 0 Å². The van der Waals surface area contributed by atoms with Crippen molar-refractivity contribution in [1.82, 2.24) is 4.98 Å². The normalized spacial score (nSPS) is 8.80. The van der Waals surface area contributed by atoms with Crippen molar-refractivity contribution in [2.45, 2.75) is 6.92 Å². The molecule has 0 aromatic carbocycles. The number of hydrogen-bond donors (Lipinski definition) is 1. The topological polar surface area (TPSA) is 38.9 Å². The number of aryl methyl sites for hydroxylation is 1. The van der Waals surface area contributed by atoms with Gasteiger partial charge < -0.3 is 5.73 Å². The number of nitrogens with zero attached hydrogens (tertiary/aromatic N) is 1. The van der Waals surface area contributed by atoms with Crippen molar-refractivity contribution in [2.24, 2.45) is 0 Å². The van der Waals surface area contributed by atoms with Crippen molar-refractivity contribution < 1.29 is 0 Å². The lowest BCUT2D eigenvalue weighted by atomic mass is 10.2. The van der Waals surface area contributed by atoms with Gasteiger partial charge in [0.2, 0.25) is 0 Å². The minimum absolute atomic E-state index is 0.424. The summed E-state index contributed by atoms with van der Waals surface area (Å²) in [5, 5.41) is 0. The average Bonchev–Trinajstić information content (AvgIpc) is 1.94. The molecule has 0 fully saturated rings. The second kappa shape index (κ2) is 2.40. The van der Waals surface area contributed by atoms with Crippen LogP contribution in [0.4, 0.5) is 5.82 Å². The molecule has 0 amide bonds. The van der Waals surface area contributed by atoms with Crippen LogP contribution >= 0.6 is 0 Å². The summed E-state index contributed by atoms with van der Waals surface area (Å²) < 4.78 is 0. The van der Waals surface area contributed by atoms with E-state index in [0.29, 0.717) is 11.4 Å². The smallest absolute Gasteiger partial charge is 0.139 e. The van der Waals surface area contributed by atoms with Crippen LogP contribution in [-0.4, -0.2) is 4.98 Å². The molecule has 0 aliphatic rings. The molecule has 0 saturated carbocycles. The monoisotopic (exact) mass is 132 g/mol. The zero-order chi connectivity index (χ0) is 7.56. The summed E-state index contributed by atoms with van der Waals surface area (Å²) in [6, 6.07) is 1.84. The summed E-state index contributed by atoms with van der Waals surface area (Å²) in [5.41, 5.74) is 7.14. The minimum atomic E-state index is 0.424. The molecule has 1 rings (SSSR count). The van der Waals surface area contributed by atoms with Gasteiger partial charge in [0.25, 0.3) is 0 Å². The second-order valence-corrected chi connectivity index (χ2v) is 2.09. The van der Waals surface area contributed by atoms with Crippen LogP contribution in [0.25, 0.3) is 0 Å². The van der Waals surface area contributed by atoms with Crippen molar-refractivity contribution in [1.29, 1.82) is 0 Å². The molecule has 10 heavy (non-hydrogen) atoms. The highest BCUT2D eigenvalue weighted by Gasteiger charge is 1.94. The molecule has 0 radical (unpaired) electrons. The summed E-state index contributed by atoms with van der Waals surface area (Å²) in [7, 11) is 0.